The van der Waals surface area contributed by atoms with Gasteiger partial charge in [-0.1, -0.05) is 6.92 Å². The third-order valence-electron chi connectivity index (χ3n) is 3.25. The van der Waals surface area contributed by atoms with Crippen LogP contribution in [0.2, 0.25) is 0 Å². The predicted molar refractivity (Wildman–Crippen MR) is 62.6 cm³/mol. The number of hydrogen-bond donors (Lipinski definition) is 2. The normalized spacial score (nSPS) is 19.9. The van der Waals surface area contributed by atoms with Gasteiger partial charge in [0.25, 0.3) is 0 Å². The van der Waals surface area contributed by atoms with E-state index in [1.54, 1.807) is 0 Å². The molecule has 0 bridgehead atoms. The van der Waals surface area contributed by atoms with Crippen molar-refractivity contribution in [3.63, 3.8) is 0 Å². The van der Waals surface area contributed by atoms with E-state index in [9.17, 15) is 4.79 Å². The maximum absolute atomic E-state index is 12.0. The quantitative estimate of drug-likeness (QED) is 0.751. The zero-order valence-corrected chi connectivity index (χ0v) is 10.4. The summed E-state index contributed by atoms with van der Waals surface area (Å²) < 4.78 is 0. The number of rotatable bonds is 3. The SMILES string of the molecule is CC(C)(C#N)CNC(=O)C1(C)CCNCC1. The number of nitrogens with one attached hydrogen (secondary N) is 2. The van der Waals surface area contributed by atoms with Crippen molar-refractivity contribution in [3.8, 4) is 6.07 Å². The van der Waals surface area contributed by atoms with E-state index >= 15 is 0 Å². The van der Waals surface area contributed by atoms with Crippen molar-refractivity contribution in [3.05, 3.63) is 0 Å². The van der Waals surface area contributed by atoms with Crippen molar-refractivity contribution in [2.24, 2.45) is 10.8 Å². The summed E-state index contributed by atoms with van der Waals surface area (Å²) in [6.07, 6.45) is 1.73. The van der Waals surface area contributed by atoms with Gasteiger partial charge in [0.2, 0.25) is 5.91 Å². The lowest BCUT2D eigenvalue weighted by molar-refractivity contribution is -0.131. The van der Waals surface area contributed by atoms with Crippen LogP contribution in [0.25, 0.3) is 0 Å². The average Bonchev–Trinajstić information content (AvgIpc) is 2.27. The van der Waals surface area contributed by atoms with Crippen molar-refractivity contribution < 1.29 is 4.79 Å². The van der Waals surface area contributed by atoms with Crippen LogP contribution in [0.1, 0.15) is 33.6 Å². The van der Waals surface area contributed by atoms with Gasteiger partial charge in [0.05, 0.1) is 11.5 Å². The first-order valence-corrected chi connectivity index (χ1v) is 5.80. The number of nitrogens with zero attached hydrogens (tertiary/aromatic N) is 1. The molecule has 0 aromatic carbocycles. The van der Waals surface area contributed by atoms with E-state index in [0.29, 0.717) is 6.54 Å². The van der Waals surface area contributed by atoms with Crippen molar-refractivity contribution in [1.29, 1.82) is 5.26 Å². The molecule has 1 saturated heterocycles. The molecule has 16 heavy (non-hydrogen) atoms. The standard InChI is InChI=1S/C12H21N3O/c1-11(2,8-13)9-15-10(16)12(3)4-6-14-7-5-12/h14H,4-7,9H2,1-3H3,(H,15,16). The molecule has 4 heteroatoms. The van der Waals surface area contributed by atoms with Gasteiger partial charge in [-0.05, 0) is 39.8 Å². The van der Waals surface area contributed by atoms with E-state index < -0.39 is 5.41 Å². The first-order chi connectivity index (χ1) is 7.40. The Morgan fingerprint density at radius 1 is 1.50 bits per heavy atom. The van der Waals surface area contributed by atoms with Crippen LogP contribution in [0.4, 0.5) is 0 Å². The Morgan fingerprint density at radius 3 is 2.56 bits per heavy atom. The second-order valence-electron chi connectivity index (χ2n) is 5.49. The van der Waals surface area contributed by atoms with Crippen LogP contribution in [-0.2, 0) is 4.79 Å². The molecule has 0 unspecified atom stereocenters. The molecular weight excluding hydrogens is 202 g/mol. The smallest absolute Gasteiger partial charge is 0.226 e. The van der Waals surface area contributed by atoms with E-state index in [2.05, 4.69) is 16.7 Å². The van der Waals surface area contributed by atoms with Crippen molar-refractivity contribution in [2.45, 2.75) is 33.6 Å². The van der Waals surface area contributed by atoms with Gasteiger partial charge >= 0.3 is 0 Å². The van der Waals surface area contributed by atoms with Crippen LogP contribution in [0, 0.1) is 22.2 Å². The van der Waals surface area contributed by atoms with Crippen molar-refractivity contribution in [2.75, 3.05) is 19.6 Å². The number of piperidine rings is 1. The molecule has 1 aliphatic heterocycles. The molecule has 0 aromatic rings. The Bertz CT molecular complexity index is 298. The van der Waals surface area contributed by atoms with E-state index in [4.69, 9.17) is 5.26 Å². The highest BCUT2D eigenvalue weighted by Gasteiger charge is 2.35. The molecule has 2 N–H and O–H groups in total. The fourth-order valence-electron chi connectivity index (χ4n) is 1.76. The Morgan fingerprint density at radius 2 is 2.06 bits per heavy atom. The summed E-state index contributed by atoms with van der Waals surface area (Å²) in [6.45, 7) is 7.88. The highest BCUT2D eigenvalue weighted by Crippen LogP contribution is 2.28. The predicted octanol–water partition coefficient (Wildman–Crippen LogP) is 1.04. The summed E-state index contributed by atoms with van der Waals surface area (Å²) in [7, 11) is 0. The summed E-state index contributed by atoms with van der Waals surface area (Å²) >= 11 is 0. The Labute approximate surface area is 97.4 Å². The van der Waals surface area contributed by atoms with E-state index in [1.807, 2.05) is 20.8 Å². The second kappa shape index (κ2) is 4.84. The van der Waals surface area contributed by atoms with Crippen LogP contribution >= 0.6 is 0 Å². The highest BCUT2D eigenvalue weighted by atomic mass is 16.2. The minimum absolute atomic E-state index is 0.0809. The van der Waals surface area contributed by atoms with Crippen LogP contribution < -0.4 is 10.6 Å². The molecular formula is C12H21N3O. The minimum atomic E-state index is -0.487. The number of carbonyl (C=O) groups excluding carboxylic acids is 1. The molecule has 4 nitrogen and oxygen atoms in total. The van der Waals surface area contributed by atoms with Gasteiger partial charge in [0.1, 0.15) is 0 Å². The van der Waals surface area contributed by atoms with E-state index in [-0.39, 0.29) is 11.3 Å². The van der Waals surface area contributed by atoms with E-state index in [1.165, 1.54) is 0 Å². The van der Waals surface area contributed by atoms with Crippen LogP contribution in [-0.4, -0.2) is 25.5 Å². The topological polar surface area (TPSA) is 64.9 Å². The minimum Gasteiger partial charge on any atom is -0.354 e. The number of amides is 1. The van der Waals surface area contributed by atoms with Gasteiger partial charge in [0.15, 0.2) is 0 Å². The fraction of sp³-hybridized carbons (Fsp3) is 0.833. The van der Waals surface area contributed by atoms with Gasteiger partial charge in [-0.15, -0.1) is 0 Å². The van der Waals surface area contributed by atoms with Gasteiger partial charge < -0.3 is 10.6 Å². The zero-order chi connectivity index (χ0) is 12.2. The lowest BCUT2D eigenvalue weighted by Gasteiger charge is -2.33. The Hall–Kier alpha value is -1.08. The molecule has 1 aliphatic rings. The largest absolute Gasteiger partial charge is 0.354 e. The highest BCUT2D eigenvalue weighted by molar-refractivity contribution is 5.82. The van der Waals surface area contributed by atoms with Gasteiger partial charge in [0, 0.05) is 12.0 Å². The number of carbonyl (C=O) groups is 1. The molecule has 0 aliphatic carbocycles. The van der Waals surface area contributed by atoms with E-state index in [0.717, 1.165) is 25.9 Å². The molecule has 0 aromatic heterocycles. The molecule has 0 saturated carbocycles. The van der Waals surface area contributed by atoms with Crippen LogP contribution in [0.15, 0.2) is 0 Å². The molecule has 1 amide bonds. The third kappa shape index (κ3) is 3.21. The first-order valence-electron chi connectivity index (χ1n) is 5.80. The number of hydrogen-bond acceptors (Lipinski definition) is 3. The summed E-state index contributed by atoms with van der Waals surface area (Å²) in [6, 6.07) is 2.19. The lowest BCUT2D eigenvalue weighted by atomic mass is 9.80. The third-order valence-corrected chi connectivity index (χ3v) is 3.25. The lowest BCUT2D eigenvalue weighted by Crippen LogP contribution is -2.47. The molecule has 0 atom stereocenters. The molecule has 1 rings (SSSR count). The summed E-state index contributed by atoms with van der Waals surface area (Å²) in [5.74, 6) is 0.0809. The van der Waals surface area contributed by atoms with Gasteiger partial charge in [-0.3, -0.25) is 4.79 Å². The van der Waals surface area contributed by atoms with Gasteiger partial charge in [-0.2, -0.15) is 5.26 Å². The Balaban J connectivity index is 2.49. The maximum Gasteiger partial charge on any atom is 0.226 e. The second-order valence-corrected chi connectivity index (χ2v) is 5.49. The number of nitriles is 1. The monoisotopic (exact) mass is 223 g/mol. The van der Waals surface area contributed by atoms with Crippen molar-refractivity contribution in [1.82, 2.24) is 10.6 Å². The maximum atomic E-state index is 12.0. The summed E-state index contributed by atoms with van der Waals surface area (Å²) in [5.41, 5.74) is -0.754. The average molecular weight is 223 g/mol. The molecule has 1 fully saturated rings. The summed E-state index contributed by atoms with van der Waals surface area (Å²) in [4.78, 5) is 12.0. The van der Waals surface area contributed by atoms with Gasteiger partial charge in [-0.25, -0.2) is 0 Å². The Kier molecular flexibility index (Phi) is 3.93. The van der Waals surface area contributed by atoms with Crippen LogP contribution in [0.5, 0.6) is 0 Å². The summed E-state index contributed by atoms with van der Waals surface area (Å²) in [5, 5.41) is 15.0. The molecule has 1 heterocycles. The fourth-order valence-corrected chi connectivity index (χ4v) is 1.76. The molecule has 0 radical (unpaired) electrons. The zero-order valence-electron chi connectivity index (χ0n) is 10.4. The first kappa shape index (κ1) is 13.0. The molecule has 90 valence electrons. The molecule has 0 spiro atoms. The van der Waals surface area contributed by atoms with Crippen molar-refractivity contribution >= 4 is 5.91 Å². The van der Waals surface area contributed by atoms with Crippen LogP contribution in [0.3, 0.4) is 0 Å².